The van der Waals surface area contributed by atoms with Crippen molar-refractivity contribution in [3.05, 3.63) is 35.4 Å². The number of rotatable bonds is 7. The van der Waals surface area contributed by atoms with Crippen LogP contribution in [0, 0.1) is 6.92 Å². The van der Waals surface area contributed by atoms with E-state index in [2.05, 4.69) is 50.4 Å². The first kappa shape index (κ1) is 14.2. The molecule has 17 heavy (non-hydrogen) atoms. The van der Waals surface area contributed by atoms with Gasteiger partial charge in [-0.15, -0.1) is 0 Å². The third-order valence-electron chi connectivity index (χ3n) is 3.30. The van der Waals surface area contributed by atoms with Gasteiger partial charge < -0.3 is 10.1 Å². The van der Waals surface area contributed by atoms with E-state index in [-0.39, 0.29) is 6.10 Å². The van der Waals surface area contributed by atoms with Gasteiger partial charge >= 0.3 is 0 Å². The molecule has 0 saturated heterocycles. The Morgan fingerprint density at radius 2 is 2.00 bits per heavy atom. The molecule has 96 valence electrons. The van der Waals surface area contributed by atoms with Gasteiger partial charge in [0, 0.05) is 13.2 Å². The van der Waals surface area contributed by atoms with E-state index < -0.39 is 0 Å². The predicted molar refractivity (Wildman–Crippen MR) is 73.4 cm³/mol. The van der Waals surface area contributed by atoms with Gasteiger partial charge in [0.15, 0.2) is 0 Å². The number of aryl methyl sites for hydroxylation is 1. The fourth-order valence-electron chi connectivity index (χ4n) is 1.97. The maximum atomic E-state index is 5.46. The van der Waals surface area contributed by atoms with Crippen molar-refractivity contribution < 1.29 is 4.74 Å². The van der Waals surface area contributed by atoms with Crippen LogP contribution in [0.15, 0.2) is 24.3 Å². The van der Waals surface area contributed by atoms with E-state index in [1.165, 1.54) is 11.1 Å². The van der Waals surface area contributed by atoms with Crippen molar-refractivity contribution in [3.63, 3.8) is 0 Å². The highest BCUT2D eigenvalue weighted by Crippen LogP contribution is 2.12. The van der Waals surface area contributed by atoms with Crippen LogP contribution in [0.5, 0.6) is 0 Å². The summed E-state index contributed by atoms with van der Waals surface area (Å²) in [6.07, 6.45) is 2.42. The van der Waals surface area contributed by atoms with Crippen LogP contribution in [-0.2, 0) is 11.2 Å². The number of methoxy groups -OCH3 is 1. The van der Waals surface area contributed by atoms with Crippen LogP contribution < -0.4 is 5.32 Å². The van der Waals surface area contributed by atoms with Crippen LogP contribution in [0.25, 0.3) is 0 Å². The summed E-state index contributed by atoms with van der Waals surface area (Å²) >= 11 is 0. The minimum atomic E-state index is 0.237. The fraction of sp³-hybridized carbons (Fsp3) is 0.600. The molecule has 1 rings (SSSR count). The smallest absolute Gasteiger partial charge is 0.0699 e. The molecule has 0 aliphatic heterocycles. The topological polar surface area (TPSA) is 21.3 Å². The Kier molecular flexibility index (Phi) is 6.23. The van der Waals surface area contributed by atoms with Gasteiger partial charge in [-0.05, 0) is 44.4 Å². The van der Waals surface area contributed by atoms with Crippen molar-refractivity contribution in [2.24, 2.45) is 0 Å². The van der Waals surface area contributed by atoms with Gasteiger partial charge in [0.05, 0.1) is 6.10 Å². The molecule has 0 amide bonds. The molecule has 0 radical (unpaired) electrons. The zero-order valence-corrected chi connectivity index (χ0v) is 11.5. The lowest BCUT2D eigenvalue weighted by Gasteiger charge is -2.25. The molecule has 0 heterocycles. The predicted octanol–water partition coefficient (Wildman–Crippen LogP) is 2.94. The normalized spacial score (nSPS) is 14.6. The Labute approximate surface area is 105 Å². The first-order valence-corrected chi connectivity index (χ1v) is 6.49. The van der Waals surface area contributed by atoms with Gasteiger partial charge in [0.2, 0.25) is 0 Å². The fourth-order valence-corrected chi connectivity index (χ4v) is 1.97. The molecule has 2 unspecified atom stereocenters. The van der Waals surface area contributed by atoms with Crippen molar-refractivity contribution in [2.75, 3.05) is 13.7 Å². The average molecular weight is 235 g/mol. The standard InChI is InChI=1S/C15H25NO/c1-5-10-16-15(13(3)17-4)11-14-9-7-6-8-12(14)2/h6-9,13,15-16H,5,10-11H2,1-4H3. The summed E-state index contributed by atoms with van der Waals surface area (Å²) in [5.74, 6) is 0. The van der Waals surface area contributed by atoms with Crippen molar-refractivity contribution in [3.8, 4) is 0 Å². The molecule has 0 aliphatic carbocycles. The Bertz CT molecular complexity index is 324. The van der Waals surface area contributed by atoms with Gasteiger partial charge in [-0.25, -0.2) is 0 Å². The largest absolute Gasteiger partial charge is 0.380 e. The third kappa shape index (κ3) is 4.49. The van der Waals surface area contributed by atoms with Crippen LogP contribution in [0.4, 0.5) is 0 Å². The van der Waals surface area contributed by atoms with Crippen molar-refractivity contribution in [2.45, 2.75) is 45.8 Å². The number of benzene rings is 1. The van der Waals surface area contributed by atoms with Crippen molar-refractivity contribution in [1.82, 2.24) is 5.32 Å². The first-order valence-electron chi connectivity index (χ1n) is 6.49. The van der Waals surface area contributed by atoms with Crippen LogP contribution in [0.2, 0.25) is 0 Å². The molecule has 1 aromatic carbocycles. The van der Waals surface area contributed by atoms with E-state index >= 15 is 0 Å². The van der Waals surface area contributed by atoms with Gasteiger partial charge in [-0.3, -0.25) is 0 Å². The van der Waals surface area contributed by atoms with E-state index in [0.717, 1.165) is 19.4 Å². The molecule has 2 atom stereocenters. The SMILES string of the molecule is CCCNC(Cc1ccccc1C)C(C)OC. The van der Waals surface area contributed by atoms with Gasteiger partial charge in [-0.2, -0.15) is 0 Å². The Hall–Kier alpha value is -0.860. The van der Waals surface area contributed by atoms with E-state index in [9.17, 15) is 0 Å². The summed E-state index contributed by atoms with van der Waals surface area (Å²) in [5, 5.41) is 3.57. The highest BCUT2D eigenvalue weighted by atomic mass is 16.5. The lowest BCUT2D eigenvalue weighted by molar-refractivity contribution is 0.0830. The Morgan fingerprint density at radius 3 is 2.59 bits per heavy atom. The highest BCUT2D eigenvalue weighted by molar-refractivity contribution is 5.26. The van der Waals surface area contributed by atoms with Gasteiger partial charge in [-0.1, -0.05) is 31.2 Å². The number of ether oxygens (including phenoxy) is 1. The van der Waals surface area contributed by atoms with Crippen LogP contribution >= 0.6 is 0 Å². The lowest BCUT2D eigenvalue weighted by Crippen LogP contribution is -2.41. The summed E-state index contributed by atoms with van der Waals surface area (Å²) in [6, 6.07) is 8.97. The molecule has 0 saturated carbocycles. The summed E-state index contributed by atoms with van der Waals surface area (Å²) in [7, 11) is 1.78. The molecule has 0 aromatic heterocycles. The minimum Gasteiger partial charge on any atom is -0.380 e. The molecular weight excluding hydrogens is 210 g/mol. The monoisotopic (exact) mass is 235 g/mol. The summed E-state index contributed by atoms with van der Waals surface area (Å²) in [5.41, 5.74) is 2.77. The van der Waals surface area contributed by atoms with Crippen molar-refractivity contribution >= 4 is 0 Å². The highest BCUT2D eigenvalue weighted by Gasteiger charge is 2.17. The van der Waals surface area contributed by atoms with E-state index in [1.807, 2.05) is 0 Å². The quantitative estimate of drug-likeness (QED) is 0.784. The molecule has 0 aliphatic rings. The minimum absolute atomic E-state index is 0.237. The molecule has 0 bridgehead atoms. The second-order valence-electron chi connectivity index (χ2n) is 4.63. The zero-order chi connectivity index (χ0) is 12.7. The Morgan fingerprint density at radius 1 is 1.29 bits per heavy atom. The zero-order valence-electron chi connectivity index (χ0n) is 11.5. The molecule has 0 fully saturated rings. The molecule has 1 N–H and O–H groups in total. The number of hydrogen-bond acceptors (Lipinski definition) is 2. The van der Waals surface area contributed by atoms with Gasteiger partial charge in [0.1, 0.15) is 0 Å². The van der Waals surface area contributed by atoms with E-state index in [0.29, 0.717) is 6.04 Å². The summed E-state index contributed by atoms with van der Waals surface area (Å²) < 4.78 is 5.46. The number of hydrogen-bond donors (Lipinski definition) is 1. The summed E-state index contributed by atoms with van der Waals surface area (Å²) in [6.45, 7) is 7.54. The molecule has 1 aromatic rings. The number of nitrogens with one attached hydrogen (secondary N) is 1. The second-order valence-corrected chi connectivity index (χ2v) is 4.63. The van der Waals surface area contributed by atoms with Crippen LogP contribution in [-0.4, -0.2) is 25.8 Å². The molecular formula is C15H25NO. The second kappa shape index (κ2) is 7.46. The summed E-state index contributed by atoms with van der Waals surface area (Å²) in [4.78, 5) is 0. The van der Waals surface area contributed by atoms with E-state index in [4.69, 9.17) is 4.74 Å². The van der Waals surface area contributed by atoms with Crippen LogP contribution in [0.1, 0.15) is 31.4 Å². The molecule has 2 nitrogen and oxygen atoms in total. The maximum Gasteiger partial charge on any atom is 0.0699 e. The van der Waals surface area contributed by atoms with Crippen LogP contribution in [0.3, 0.4) is 0 Å². The third-order valence-corrected chi connectivity index (χ3v) is 3.30. The first-order chi connectivity index (χ1) is 8.19. The van der Waals surface area contributed by atoms with Gasteiger partial charge in [0.25, 0.3) is 0 Å². The molecule has 0 spiro atoms. The maximum absolute atomic E-state index is 5.46. The molecule has 2 heteroatoms. The lowest BCUT2D eigenvalue weighted by atomic mass is 9.98. The average Bonchev–Trinajstić information content (AvgIpc) is 2.35. The Balaban J connectivity index is 2.68. The van der Waals surface area contributed by atoms with E-state index in [1.54, 1.807) is 7.11 Å². The van der Waals surface area contributed by atoms with Crippen molar-refractivity contribution in [1.29, 1.82) is 0 Å².